The van der Waals surface area contributed by atoms with Crippen LogP contribution >= 0.6 is 0 Å². The monoisotopic (exact) mass is 363 g/mol. The molecule has 0 aromatic heterocycles. The Kier molecular flexibility index (Phi) is 5.51. The topological polar surface area (TPSA) is 46.6 Å². The van der Waals surface area contributed by atoms with E-state index in [0.29, 0.717) is 23.5 Å². The predicted molar refractivity (Wildman–Crippen MR) is 94.2 cm³/mol. The third-order valence-electron chi connectivity index (χ3n) is 4.35. The Balaban J connectivity index is 1.55. The quantitative estimate of drug-likeness (QED) is 0.758. The molecule has 0 N–H and O–H groups in total. The zero-order chi connectivity index (χ0) is 17.9. The van der Waals surface area contributed by atoms with Gasteiger partial charge in [0, 0.05) is 18.7 Å². The van der Waals surface area contributed by atoms with Crippen molar-refractivity contribution in [1.29, 1.82) is 0 Å². The van der Waals surface area contributed by atoms with E-state index in [-0.39, 0.29) is 18.5 Å². The lowest BCUT2D eigenvalue weighted by molar-refractivity contribution is -0.0304. The van der Waals surface area contributed by atoms with Crippen LogP contribution in [0.1, 0.15) is 24.5 Å². The van der Waals surface area contributed by atoms with Gasteiger partial charge in [0.1, 0.15) is 5.82 Å². The number of ether oxygens (including phenoxy) is 1. The fourth-order valence-electron chi connectivity index (χ4n) is 2.79. The van der Waals surface area contributed by atoms with Gasteiger partial charge in [-0.2, -0.15) is 4.31 Å². The first-order valence-corrected chi connectivity index (χ1v) is 9.89. The maximum absolute atomic E-state index is 13.6. The molecule has 1 aliphatic rings. The average Bonchev–Trinajstić information content (AvgIpc) is 2.55. The Morgan fingerprint density at radius 1 is 1.12 bits per heavy atom. The minimum absolute atomic E-state index is 0.150. The van der Waals surface area contributed by atoms with Gasteiger partial charge in [0.15, 0.2) is 0 Å². The van der Waals surface area contributed by atoms with Crippen molar-refractivity contribution in [2.24, 2.45) is 0 Å². The molecular formula is C19H22FNO3S. The van der Waals surface area contributed by atoms with Gasteiger partial charge in [-0.3, -0.25) is 0 Å². The van der Waals surface area contributed by atoms with E-state index in [1.54, 1.807) is 30.3 Å². The second-order valence-corrected chi connectivity index (χ2v) is 8.18. The van der Waals surface area contributed by atoms with E-state index in [2.05, 4.69) is 6.92 Å². The van der Waals surface area contributed by atoms with Gasteiger partial charge in [-0.1, -0.05) is 43.7 Å². The molecule has 0 unspecified atom stereocenters. The highest BCUT2D eigenvalue weighted by molar-refractivity contribution is 7.89. The summed E-state index contributed by atoms with van der Waals surface area (Å²) in [6.45, 7) is 2.84. The van der Waals surface area contributed by atoms with E-state index in [0.717, 1.165) is 18.4 Å². The highest BCUT2D eigenvalue weighted by Gasteiger charge is 2.37. The Labute approximate surface area is 148 Å². The van der Waals surface area contributed by atoms with Crippen molar-refractivity contribution in [1.82, 2.24) is 4.31 Å². The van der Waals surface area contributed by atoms with Gasteiger partial charge in [-0.05, 0) is 30.2 Å². The Bertz CT molecular complexity index is 815. The molecule has 1 fully saturated rings. The third-order valence-corrected chi connectivity index (χ3v) is 6.19. The van der Waals surface area contributed by atoms with Crippen molar-refractivity contribution in [2.75, 3.05) is 13.1 Å². The Morgan fingerprint density at radius 2 is 1.80 bits per heavy atom. The molecule has 0 amide bonds. The van der Waals surface area contributed by atoms with Crippen LogP contribution in [0.3, 0.4) is 0 Å². The van der Waals surface area contributed by atoms with Crippen LogP contribution in [-0.2, 0) is 27.8 Å². The van der Waals surface area contributed by atoms with Crippen molar-refractivity contribution in [3.8, 4) is 0 Å². The molecule has 0 bridgehead atoms. The number of benzene rings is 2. The summed E-state index contributed by atoms with van der Waals surface area (Å²) in [4.78, 5) is 0.305. The van der Waals surface area contributed by atoms with E-state index < -0.39 is 10.0 Å². The van der Waals surface area contributed by atoms with Crippen molar-refractivity contribution in [3.05, 3.63) is 65.5 Å². The Morgan fingerprint density at radius 3 is 2.44 bits per heavy atom. The first-order valence-electron chi connectivity index (χ1n) is 8.45. The van der Waals surface area contributed by atoms with Gasteiger partial charge in [-0.15, -0.1) is 0 Å². The summed E-state index contributed by atoms with van der Waals surface area (Å²) >= 11 is 0. The van der Waals surface area contributed by atoms with Gasteiger partial charge in [0.25, 0.3) is 0 Å². The summed E-state index contributed by atoms with van der Waals surface area (Å²) in [6, 6.07) is 13.5. The first-order chi connectivity index (χ1) is 12.0. The van der Waals surface area contributed by atoms with E-state index >= 15 is 0 Å². The number of hydrogen-bond acceptors (Lipinski definition) is 3. The number of nitrogens with zero attached hydrogens (tertiary/aromatic N) is 1. The van der Waals surface area contributed by atoms with E-state index in [4.69, 9.17) is 4.74 Å². The van der Waals surface area contributed by atoms with Crippen LogP contribution < -0.4 is 0 Å². The summed E-state index contributed by atoms with van der Waals surface area (Å²) in [5.74, 6) is -0.307. The second kappa shape index (κ2) is 7.64. The van der Waals surface area contributed by atoms with Crippen molar-refractivity contribution >= 4 is 10.0 Å². The molecule has 4 nitrogen and oxygen atoms in total. The lowest BCUT2D eigenvalue weighted by Crippen LogP contribution is -2.54. The normalized spacial score (nSPS) is 15.9. The maximum Gasteiger partial charge on any atom is 0.243 e. The van der Waals surface area contributed by atoms with Crippen LogP contribution in [0.15, 0.2) is 53.4 Å². The van der Waals surface area contributed by atoms with Gasteiger partial charge in [0.2, 0.25) is 10.0 Å². The average molecular weight is 363 g/mol. The number of aryl methyl sites for hydroxylation is 1. The molecule has 1 aliphatic heterocycles. The van der Waals surface area contributed by atoms with Gasteiger partial charge >= 0.3 is 0 Å². The third kappa shape index (κ3) is 4.08. The van der Waals surface area contributed by atoms with Crippen LogP contribution in [0.5, 0.6) is 0 Å². The van der Waals surface area contributed by atoms with Crippen molar-refractivity contribution in [2.45, 2.75) is 37.4 Å². The van der Waals surface area contributed by atoms with Crippen molar-refractivity contribution < 1.29 is 17.5 Å². The van der Waals surface area contributed by atoms with Crippen molar-refractivity contribution in [3.63, 3.8) is 0 Å². The zero-order valence-corrected chi connectivity index (χ0v) is 15.0. The summed E-state index contributed by atoms with van der Waals surface area (Å²) in [6.07, 6.45) is 1.77. The molecule has 0 aliphatic carbocycles. The zero-order valence-electron chi connectivity index (χ0n) is 14.2. The molecule has 0 radical (unpaired) electrons. The molecule has 134 valence electrons. The highest BCUT2D eigenvalue weighted by Crippen LogP contribution is 2.24. The molecule has 0 saturated carbocycles. The SMILES string of the molecule is CCCc1ccc(S(=O)(=O)N2CC(OCc3ccccc3F)C2)cc1. The molecular weight excluding hydrogens is 341 g/mol. The van der Waals surface area contributed by atoms with Gasteiger partial charge < -0.3 is 4.74 Å². The summed E-state index contributed by atoms with van der Waals surface area (Å²) in [5.41, 5.74) is 1.62. The highest BCUT2D eigenvalue weighted by atomic mass is 32.2. The number of rotatable bonds is 7. The Hall–Kier alpha value is -1.76. The molecule has 2 aromatic carbocycles. The van der Waals surface area contributed by atoms with Crippen LogP contribution in [0.2, 0.25) is 0 Å². The van der Waals surface area contributed by atoms with Crippen LogP contribution in [0, 0.1) is 5.82 Å². The lowest BCUT2D eigenvalue weighted by Gasteiger charge is -2.37. The fourth-order valence-corrected chi connectivity index (χ4v) is 4.29. The molecule has 2 aromatic rings. The minimum Gasteiger partial charge on any atom is -0.371 e. The number of hydrogen-bond donors (Lipinski definition) is 0. The van der Waals surface area contributed by atoms with Crippen LogP contribution in [0.4, 0.5) is 4.39 Å². The minimum atomic E-state index is -3.48. The molecule has 1 heterocycles. The van der Waals surface area contributed by atoms with Crippen LogP contribution in [-0.4, -0.2) is 31.9 Å². The molecule has 0 atom stereocenters. The van der Waals surface area contributed by atoms with Gasteiger partial charge in [0.05, 0.1) is 17.6 Å². The number of sulfonamides is 1. The smallest absolute Gasteiger partial charge is 0.243 e. The summed E-state index contributed by atoms with van der Waals surface area (Å²) in [5, 5.41) is 0. The molecule has 6 heteroatoms. The maximum atomic E-state index is 13.6. The van der Waals surface area contributed by atoms with E-state index in [1.807, 2.05) is 12.1 Å². The fraction of sp³-hybridized carbons (Fsp3) is 0.368. The molecule has 0 spiro atoms. The van der Waals surface area contributed by atoms with Crippen LogP contribution in [0.25, 0.3) is 0 Å². The molecule has 1 saturated heterocycles. The molecule has 25 heavy (non-hydrogen) atoms. The largest absolute Gasteiger partial charge is 0.371 e. The molecule has 3 rings (SSSR count). The lowest BCUT2D eigenvalue weighted by atomic mass is 10.1. The first kappa shape index (κ1) is 18.0. The predicted octanol–water partition coefficient (Wildman–Crippen LogP) is 3.37. The summed E-state index contributed by atoms with van der Waals surface area (Å²) < 4.78 is 45.7. The van der Waals surface area contributed by atoms with E-state index in [1.165, 1.54) is 10.4 Å². The number of halogens is 1. The second-order valence-electron chi connectivity index (χ2n) is 6.24. The van der Waals surface area contributed by atoms with E-state index in [9.17, 15) is 12.8 Å². The summed E-state index contributed by atoms with van der Waals surface area (Å²) in [7, 11) is -3.48. The standard InChI is InChI=1S/C19H22FNO3S/c1-2-5-15-8-10-18(11-9-15)25(22,23)21-12-17(13-21)24-14-16-6-3-4-7-19(16)20/h3-4,6-11,17H,2,5,12-14H2,1H3. The van der Waals surface area contributed by atoms with Gasteiger partial charge in [-0.25, -0.2) is 12.8 Å².